The number of fused-ring (bicyclic) bond motifs is 1. The highest BCUT2D eigenvalue weighted by Gasteiger charge is 2.21. The van der Waals surface area contributed by atoms with Crippen LogP contribution in [0.4, 0.5) is 11.4 Å². The van der Waals surface area contributed by atoms with Gasteiger partial charge in [-0.3, -0.25) is 4.72 Å². The van der Waals surface area contributed by atoms with Crippen LogP contribution < -0.4 is 10.0 Å². The molecule has 1 aromatic carbocycles. The highest BCUT2D eigenvalue weighted by Crippen LogP contribution is 2.26. The van der Waals surface area contributed by atoms with Crippen molar-refractivity contribution in [2.75, 3.05) is 23.6 Å². The molecule has 1 aromatic rings. The maximum Gasteiger partial charge on any atom is 0.301 e. The monoisotopic (exact) mass is 269 g/mol. The quantitative estimate of drug-likeness (QED) is 0.873. The highest BCUT2D eigenvalue weighted by molar-refractivity contribution is 7.90. The molecule has 1 aliphatic rings. The van der Waals surface area contributed by atoms with Gasteiger partial charge in [0.25, 0.3) is 0 Å². The third-order valence-electron chi connectivity index (χ3n) is 3.17. The van der Waals surface area contributed by atoms with Crippen LogP contribution in [0.2, 0.25) is 0 Å². The molecule has 0 bridgehead atoms. The van der Waals surface area contributed by atoms with E-state index in [0.717, 1.165) is 24.2 Å². The topological polar surface area (TPSA) is 61.4 Å². The molecular formula is C12H19N3O2S. The van der Waals surface area contributed by atoms with Crippen molar-refractivity contribution in [2.24, 2.45) is 0 Å². The zero-order valence-corrected chi connectivity index (χ0v) is 11.7. The Kier molecular flexibility index (Phi) is 3.49. The van der Waals surface area contributed by atoms with Crippen molar-refractivity contribution in [3.63, 3.8) is 0 Å². The van der Waals surface area contributed by atoms with E-state index in [9.17, 15) is 8.42 Å². The minimum absolute atomic E-state index is 0.0707. The molecule has 0 unspecified atom stereocenters. The second kappa shape index (κ2) is 4.78. The number of benzene rings is 1. The first-order chi connectivity index (χ1) is 8.40. The van der Waals surface area contributed by atoms with Crippen LogP contribution >= 0.6 is 0 Å². The lowest BCUT2D eigenvalue weighted by Crippen LogP contribution is -2.37. The first-order valence-electron chi connectivity index (χ1n) is 6.03. The highest BCUT2D eigenvalue weighted by atomic mass is 32.2. The molecule has 0 amide bonds. The molecule has 2 rings (SSSR count). The number of nitrogens with zero attached hydrogens (tertiary/aromatic N) is 1. The fraction of sp³-hybridized carbons (Fsp3) is 0.500. The van der Waals surface area contributed by atoms with E-state index in [-0.39, 0.29) is 6.04 Å². The van der Waals surface area contributed by atoms with E-state index in [1.165, 1.54) is 4.31 Å². The van der Waals surface area contributed by atoms with E-state index in [1.54, 1.807) is 13.1 Å². The molecule has 5 nitrogen and oxygen atoms in total. The van der Waals surface area contributed by atoms with Gasteiger partial charge in [-0.05, 0) is 44.0 Å². The summed E-state index contributed by atoms with van der Waals surface area (Å²) in [4.78, 5) is 0. The Bertz CT molecular complexity index is 540. The van der Waals surface area contributed by atoms with Crippen LogP contribution in [0.1, 0.15) is 19.4 Å². The molecule has 18 heavy (non-hydrogen) atoms. The first-order valence-corrected chi connectivity index (χ1v) is 7.47. The van der Waals surface area contributed by atoms with Crippen molar-refractivity contribution in [3.8, 4) is 0 Å². The number of rotatable bonds is 4. The molecule has 1 heterocycles. The Labute approximate surface area is 108 Å². The fourth-order valence-corrected chi connectivity index (χ4v) is 2.99. The maximum absolute atomic E-state index is 12.0. The van der Waals surface area contributed by atoms with Crippen LogP contribution in [0, 0.1) is 0 Å². The van der Waals surface area contributed by atoms with Crippen LogP contribution in [0.25, 0.3) is 0 Å². The normalized spacial score (nSPS) is 14.7. The molecule has 0 saturated carbocycles. The SMILES string of the molecule is CC(C)N(C)S(=O)(=O)Nc1ccc2c(c1)CCN2. The summed E-state index contributed by atoms with van der Waals surface area (Å²) in [5, 5.41) is 3.24. The van der Waals surface area contributed by atoms with Crippen molar-refractivity contribution < 1.29 is 8.42 Å². The van der Waals surface area contributed by atoms with E-state index >= 15 is 0 Å². The molecule has 0 aliphatic carbocycles. The van der Waals surface area contributed by atoms with Gasteiger partial charge in [0.2, 0.25) is 0 Å². The smallest absolute Gasteiger partial charge is 0.301 e. The molecule has 1 aliphatic heterocycles. The van der Waals surface area contributed by atoms with Gasteiger partial charge in [0.1, 0.15) is 0 Å². The van der Waals surface area contributed by atoms with Crippen LogP contribution in [0.3, 0.4) is 0 Å². The fourth-order valence-electron chi connectivity index (χ4n) is 1.87. The van der Waals surface area contributed by atoms with Gasteiger partial charge >= 0.3 is 10.2 Å². The largest absolute Gasteiger partial charge is 0.384 e. The Hall–Kier alpha value is -1.27. The van der Waals surface area contributed by atoms with E-state index in [4.69, 9.17) is 0 Å². The van der Waals surface area contributed by atoms with E-state index < -0.39 is 10.2 Å². The lowest BCUT2D eigenvalue weighted by molar-refractivity contribution is 0.414. The van der Waals surface area contributed by atoms with Crippen molar-refractivity contribution in [3.05, 3.63) is 23.8 Å². The molecule has 100 valence electrons. The van der Waals surface area contributed by atoms with Gasteiger partial charge in [0.05, 0.1) is 5.69 Å². The Balaban J connectivity index is 2.19. The minimum atomic E-state index is -3.47. The predicted octanol–water partition coefficient (Wildman–Crippen LogP) is 1.65. The number of anilines is 2. The molecule has 0 atom stereocenters. The van der Waals surface area contributed by atoms with Crippen LogP contribution in [0.5, 0.6) is 0 Å². The zero-order valence-electron chi connectivity index (χ0n) is 10.9. The predicted molar refractivity (Wildman–Crippen MR) is 74.1 cm³/mol. The summed E-state index contributed by atoms with van der Waals surface area (Å²) >= 11 is 0. The molecule has 6 heteroatoms. The molecular weight excluding hydrogens is 250 g/mol. The van der Waals surface area contributed by atoms with E-state index in [1.807, 2.05) is 26.0 Å². The summed E-state index contributed by atoms with van der Waals surface area (Å²) in [5.74, 6) is 0. The lowest BCUT2D eigenvalue weighted by Gasteiger charge is -2.21. The molecule has 0 aromatic heterocycles. The molecule has 0 spiro atoms. The summed E-state index contributed by atoms with van der Waals surface area (Å²) in [5.41, 5.74) is 2.86. The van der Waals surface area contributed by atoms with Crippen molar-refractivity contribution in [2.45, 2.75) is 26.3 Å². The lowest BCUT2D eigenvalue weighted by atomic mass is 10.1. The maximum atomic E-state index is 12.0. The van der Waals surface area contributed by atoms with E-state index in [2.05, 4.69) is 10.0 Å². The molecule has 0 saturated heterocycles. The average Bonchev–Trinajstić information content (AvgIpc) is 2.74. The number of hydrogen-bond acceptors (Lipinski definition) is 3. The van der Waals surface area contributed by atoms with Crippen LogP contribution in [-0.2, 0) is 16.6 Å². The summed E-state index contributed by atoms with van der Waals surface area (Å²) < 4.78 is 28.0. The zero-order chi connectivity index (χ0) is 13.3. The summed E-state index contributed by atoms with van der Waals surface area (Å²) in [6.07, 6.45) is 0.935. The molecule has 0 radical (unpaired) electrons. The summed E-state index contributed by atoms with van der Waals surface area (Å²) in [6.45, 7) is 4.59. The second-order valence-corrected chi connectivity index (χ2v) is 6.50. The van der Waals surface area contributed by atoms with Crippen molar-refractivity contribution in [1.29, 1.82) is 0 Å². The molecule has 2 N–H and O–H groups in total. The minimum Gasteiger partial charge on any atom is -0.384 e. The first kappa shape index (κ1) is 13.2. The van der Waals surface area contributed by atoms with Crippen molar-refractivity contribution in [1.82, 2.24) is 4.31 Å². The van der Waals surface area contributed by atoms with Gasteiger partial charge in [0, 0.05) is 25.3 Å². The second-order valence-electron chi connectivity index (χ2n) is 4.77. The standard InChI is InChI=1S/C12H19N3O2S/c1-9(2)15(3)18(16,17)14-11-4-5-12-10(8-11)6-7-13-12/h4-5,8-9,13-14H,6-7H2,1-3H3. The average molecular weight is 269 g/mol. The van der Waals surface area contributed by atoms with Gasteiger partial charge in [-0.2, -0.15) is 12.7 Å². The third-order valence-corrected chi connectivity index (χ3v) is 4.84. The van der Waals surface area contributed by atoms with Gasteiger partial charge in [-0.15, -0.1) is 0 Å². The Morgan fingerprint density at radius 1 is 1.39 bits per heavy atom. The number of hydrogen-bond donors (Lipinski definition) is 2. The van der Waals surface area contributed by atoms with E-state index in [0.29, 0.717) is 5.69 Å². The third kappa shape index (κ3) is 2.59. The van der Waals surface area contributed by atoms with Crippen LogP contribution in [0.15, 0.2) is 18.2 Å². The van der Waals surface area contributed by atoms with Gasteiger partial charge in [-0.1, -0.05) is 0 Å². The Morgan fingerprint density at radius 2 is 2.11 bits per heavy atom. The van der Waals surface area contributed by atoms with Gasteiger partial charge < -0.3 is 5.32 Å². The van der Waals surface area contributed by atoms with Crippen molar-refractivity contribution >= 4 is 21.6 Å². The Morgan fingerprint density at radius 3 is 2.78 bits per heavy atom. The van der Waals surface area contributed by atoms with Gasteiger partial charge in [-0.25, -0.2) is 0 Å². The summed E-state index contributed by atoms with van der Waals surface area (Å²) in [6, 6.07) is 5.51. The van der Waals surface area contributed by atoms with Gasteiger partial charge in [0.15, 0.2) is 0 Å². The number of nitrogens with one attached hydrogen (secondary N) is 2. The summed E-state index contributed by atoms with van der Waals surface area (Å²) in [7, 11) is -1.90. The molecule has 0 fully saturated rings. The van der Waals surface area contributed by atoms with Crippen LogP contribution in [-0.4, -0.2) is 32.4 Å².